The molecule has 0 unspecified atom stereocenters. The molecule has 0 radical (unpaired) electrons. The van der Waals surface area contributed by atoms with E-state index in [4.69, 9.17) is 0 Å². The number of fused-ring (bicyclic) bond motifs is 1. The summed E-state index contributed by atoms with van der Waals surface area (Å²) in [6, 6.07) is 4.11. The van der Waals surface area contributed by atoms with Gasteiger partial charge < -0.3 is 4.98 Å². The highest BCUT2D eigenvalue weighted by Crippen LogP contribution is 2.30. The lowest BCUT2D eigenvalue weighted by Gasteiger charge is -2.32. The predicted molar refractivity (Wildman–Crippen MR) is 72.6 cm³/mol. The molecule has 0 fully saturated rings. The summed E-state index contributed by atoms with van der Waals surface area (Å²) in [4.78, 5) is 7.45. The summed E-state index contributed by atoms with van der Waals surface area (Å²) in [7, 11) is 2.09. The second-order valence-electron chi connectivity index (χ2n) is 4.05. The molecule has 3 rings (SSSR count). The number of allylic oxidation sites excluding steroid dienone is 1. The van der Waals surface area contributed by atoms with Gasteiger partial charge in [0.1, 0.15) is 5.65 Å². The third kappa shape index (κ3) is 1.67. The number of pyridine rings is 1. The van der Waals surface area contributed by atoms with Gasteiger partial charge in [-0.1, -0.05) is 0 Å². The van der Waals surface area contributed by atoms with Crippen molar-refractivity contribution in [3.8, 4) is 0 Å². The first-order chi connectivity index (χ1) is 8.27. The van der Waals surface area contributed by atoms with Gasteiger partial charge in [0, 0.05) is 30.5 Å². The highest BCUT2D eigenvalue weighted by atomic mass is 32.2. The number of aromatic nitrogens is 2. The molecule has 1 aliphatic rings. The predicted octanol–water partition coefficient (Wildman–Crippen LogP) is 2.78. The van der Waals surface area contributed by atoms with Crippen molar-refractivity contribution < 1.29 is 0 Å². The molecule has 88 valence electrons. The smallest absolute Gasteiger partial charge is 0.139 e. The van der Waals surface area contributed by atoms with E-state index in [2.05, 4.69) is 45.4 Å². The molecule has 3 heterocycles. The summed E-state index contributed by atoms with van der Waals surface area (Å²) in [5.74, 6) is 0.969. The SMILES string of the molecule is CC1=CSCN1N(C)c1ccnc2[nH]ccc12. The average Bonchev–Trinajstić information content (AvgIpc) is 2.95. The molecule has 0 aliphatic carbocycles. The van der Waals surface area contributed by atoms with Crippen molar-refractivity contribution in [3.63, 3.8) is 0 Å². The van der Waals surface area contributed by atoms with Gasteiger partial charge in [-0.05, 0) is 24.5 Å². The van der Waals surface area contributed by atoms with E-state index in [0.717, 1.165) is 16.9 Å². The van der Waals surface area contributed by atoms with E-state index < -0.39 is 0 Å². The maximum Gasteiger partial charge on any atom is 0.139 e. The standard InChI is InChI=1S/C12H14N4S/c1-9-7-17-8-16(9)15(2)11-4-6-14-12-10(11)3-5-13-12/h3-7H,8H2,1-2H3,(H,13,14). The Balaban J connectivity index is 2.03. The molecule has 2 aromatic heterocycles. The third-order valence-electron chi connectivity index (χ3n) is 3.01. The molecule has 0 atom stereocenters. The fourth-order valence-electron chi connectivity index (χ4n) is 2.07. The van der Waals surface area contributed by atoms with E-state index in [0.29, 0.717) is 0 Å². The number of nitrogens with zero attached hydrogens (tertiary/aromatic N) is 3. The molecule has 0 saturated carbocycles. The lowest BCUT2D eigenvalue weighted by Crippen LogP contribution is -2.36. The normalized spacial score (nSPS) is 15.4. The van der Waals surface area contributed by atoms with Crippen LogP contribution in [0.4, 0.5) is 5.69 Å². The number of hydrazine groups is 1. The first-order valence-electron chi connectivity index (χ1n) is 5.49. The number of H-pyrrole nitrogens is 1. The van der Waals surface area contributed by atoms with Gasteiger partial charge in [-0.2, -0.15) is 0 Å². The van der Waals surface area contributed by atoms with Gasteiger partial charge in [0.2, 0.25) is 0 Å². The van der Waals surface area contributed by atoms with Crippen LogP contribution in [0.1, 0.15) is 6.92 Å². The highest BCUT2D eigenvalue weighted by Gasteiger charge is 2.18. The molecule has 1 aliphatic heterocycles. The summed E-state index contributed by atoms with van der Waals surface area (Å²) >= 11 is 1.82. The van der Waals surface area contributed by atoms with Crippen LogP contribution < -0.4 is 5.01 Å². The maximum absolute atomic E-state index is 4.31. The largest absolute Gasteiger partial charge is 0.346 e. The van der Waals surface area contributed by atoms with E-state index in [1.807, 2.05) is 30.2 Å². The average molecular weight is 246 g/mol. The minimum atomic E-state index is 0.933. The zero-order valence-corrected chi connectivity index (χ0v) is 10.7. The molecule has 0 saturated heterocycles. The third-order valence-corrected chi connectivity index (χ3v) is 3.91. The summed E-state index contributed by atoms with van der Waals surface area (Å²) in [6.45, 7) is 2.13. The van der Waals surface area contributed by atoms with Crippen molar-refractivity contribution >= 4 is 28.5 Å². The van der Waals surface area contributed by atoms with Crippen LogP contribution in [0.2, 0.25) is 0 Å². The van der Waals surface area contributed by atoms with Crippen molar-refractivity contribution in [2.75, 3.05) is 17.9 Å². The van der Waals surface area contributed by atoms with Crippen LogP contribution >= 0.6 is 11.8 Å². The Morgan fingerprint density at radius 3 is 3.12 bits per heavy atom. The number of anilines is 1. The topological polar surface area (TPSA) is 35.2 Å². The number of hydrogen-bond acceptors (Lipinski definition) is 4. The summed E-state index contributed by atoms with van der Waals surface area (Å²) < 4.78 is 0. The van der Waals surface area contributed by atoms with E-state index >= 15 is 0 Å². The minimum Gasteiger partial charge on any atom is -0.346 e. The Labute approximate surface area is 104 Å². The van der Waals surface area contributed by atoms with Crippen LogP contribution in [0.15, 0.2) is 35.6 Å². The maximum atomic E-state index is 4.31. The quantitative estimate of drug-likeness (QED) is 0.883. The van der Waals surface area contributed by atoms with E-state index in [1.165, 1.54) is 11.4 Å². The monoisotopic (exact) mass is 246 g/mol. The molecule has 1 N–H and O–H groups in total. The zero-order valence-electron chi connectivity index (χ0n) is 9.84. The van der Waals surface area contributed by atoms with Gasteiger partial charge >= 0.3 is 0 Å². The highest BCUT2D eigenvalue weighted by molar-refractivity contribution is 8.02. The van der Waals surface area contributed by atoms with Crippen molar-refractivity contribution in [1.29, 1.82) is 0 Å². The Morgan fingerprint density at radius 2 is 2.35 bits per heavy atom. The van der Waals surface area contributed by atoms with E-state index in [1.54, 1.807) is 0 Å². The minimum absolute atomic E-state index is 0.933. The van der Waals surface area contributed by atoms with Gasteiger partial charge in [-0.3, -0.25) is 10.0 Å². The molecule has 2 aromatic rings. The van der Waals surface area contributed by atoms with Gasteiger partial charge in [0.15, 0.2) is 0 Å². The van der Waals surface area contributed by atoms with Crippen LogP contribution in [-0.4, -0.2) is 27.9 Å². The van der Waals surface area contributed by atoms with Gasteiger partial charge in [-0.25, -0.2) is 4.98 Å². The second-order valence-corrected chi connectivity index (χ2v) is 4.88. The Bertz CT molecular complexity index is 575. The first kappa shape index (κ1) is 10.5. The van der Waals surface area contributed by atoms with E-state index in [-0.39, 0.29) is 0 Å². The van der Waals surface area contributed by atoms with Crippen molar-refractivity contribution in [2.24, 2.45) is 0 Å². The Hall–Kier alpha value is -1.62. The zero-order chi connectivity index (χ0) is 11.8. The molecule has 0 spiro atoms. The van der Waals surface area contributed by atoms with Crippen molar-refractivity contribution in [1.82, 2.24) is 15.0 Å². The molecule has 17 heavy (non-hydrogen) atoms. The molecule has 0 amide bonds. The number of rotatable bonds is 2. The summed E-state index contributed by atoms with van der Waals surface area (Å²) in [6.07, 6.45) is 3.77. The molecule has 4 nitrogen and oxygen atoms in total. The number of nitrogens with one attached hydrogen (secondary N) is 1. The fourth-order valence-corrected chi connectivity index (χ4v) is 3.03. The van der Waals surface area contributed by atoms with Crippen LogP contribution in [0.25, 0.3) is 11.0 Å². The van der Waals surface area contributed by atoms with Crippen LogP contribution in [-0.2, 0) is 0 Å². The number of aromatic amines is 1. The number of hydrogen-bond donors (Lipinski definition) is 1. The van der Waals surface area contributed by atoms with Gasteiger partial charge in [0.25, 0.3) is 0 Å². The van der Waals surface area contributed by atoms with Crippen LogP contribution in [0.3, 0.4) is 0 Å². The Kier molecular flexibility index (Phi) is 2.48. The van der Waals surface area contributed by atoms with Crippen molar-refractivity contribution in [3.05, 3.63) is 35.6 Å². The first-order valence-corrected chi connectivity index (χ1v) is 6.54. The summed E-state index contributed by atoms with van der Waals surface area (Å²) in [5.41, 5.74) is 3.38. The van der Waals surface area contributed by atoms with Crippen LogP contribution in [0.5, 0.6) is 0 Å². The lowest BCUT2D eigenvalue weighted by molar-refractivity contribution is 0.401. The molecular weight excluding hydrogens is 232 g/mol. The molecule has 0 aromatic carbocycles. The Morgan fingerprint density at radius 1 is 1.47 bits per heavy atom. The molecular formula is C12H14N4S. The van der Waals surface area contributed by atoms with Gasteiger partial charge in [0.05, 0.1) is 11.6 Å². The molecule has 0 bridgehead atoms. The van der Waals surface area contributed by atoms with Gasteiger partial charge in [-0.15, -0.1) is 11.8 Å². The van der Waals surface area contributed by atoms with Crippen LogP contribution in [0, 0.1) is 0 Å². The summed E-state index contributed by atoms with van der Waals surface area (Å²) in [5, 5.41) is 7.78. The fraction of sp³-hybridized carbons (Fsp3) is 0.250. The second kappa shape index (κ2) is 4.00. The van der Waals surface area contributed by atoms with Crippen molar-refractivity contribution in [2.45, 2.75) is 6.92 Å². The molecule has 5 heteroatoms. The van der Waals surface area contributed by atoms with E-state index in [9.17, 15) is 0 Å². The number of thioether (sulfide) groups is 1. The lowest BCUT2D eigenvalue weighted by atomic mass is 10.3.